The molecule has 1 heterocycles. The number of ether oxygens (including phenoxy) is 1. The first-order valence-corrected chi connectivity index (χ1v) is 27.5. The van der Waals surface area contributed by atoms with Crippen molar-refractivity contribution in [2.75, 3.05) is 92.2 Å². The quantitative estimate of drug-likeness (QED) is 0.0485. The minimum absolute atomic E-state index is 0.115. The average molecular weight is 928 g/mol. The number of aliphatic hydroxyl groups is 1. The summed E-state index contributed by atoms with van der Waals surface area (Å²) in [6.07, 6.45) is 31.9. The second kappa shape index (κ2) is 41.5. The number of piperazine rings is 1. The lowest BCUT2D eigenvalue weighted by molar-refractivity contribution is 0.0776. The van der Waals surface area contributed by atoms with Crippen LogP contribution in [0.3, 0.4) is 0 Å². The largest absolute Gasteiger partial charge is 0.497 e. The molecular weight excluding hydrogens is 827 g/mol. The summed E-state index contributed by atoms with van der Waals surface area (Å²) in [6.45, 7) is 17.1. The van der Waals surface area contributed by atoms with Gasteiger partial charge in [0.25, 0.3) is 5.91 Å². The molecule has 2 rings (SSSR count). The van der Waals surface area contributed by atoms with Crippen molar-refractivity contribution in [2.45, 2.75) is 212 Å². The van der Waals surface area contributed by atoms with Crippen LogP contribution < -0.4 is 10.1 Å². The average Bonchev–Trinajstić information content (AvgIpc) is 3.34. The van der Waals surface area contributed by atoms with E-state index < -0.39 is 0 Å². The normalized spacial score (nSPS) is 15.0. The third-order valence-corrected chi connectivity index (χ3v) is 13.9. The van der Waals surface area contributed by atoms with Gasteiger partial charge >= 0.3 is 0 Å². The summed E-state index contributed by atoms with van der Waals surface area (Å²) >= 11 is 0. The van der Waals surface area contributed by atoms with Gasteiger partial charge in [-0.1, -0.05) is 185 Å². The lowest BCUT2D eigenvalue weighted by atomic mass is 10.0. The highest BCUT2D eigenvalue weighted by atomic mass is 16.5. The summed E-state index contributed by atoms with van der Waals surface area (Å²) in [6, 6.07) is 6.66. The Morgan fingerprint density at radius 1 is 0.576 bits per heavy atom. The standard InChI is InChI=1S/C54H101N7O5/c1-5-8-11-14-17-20-23-26-29-50(56-64)46-60(37-36-55-54(63)49-32-34-53(66-4)35-33-49)44-42-58-38-40-59(41-39-58)43-45-61(48-52(62)31-28-25-22-19-16-13-10-7-3)47-51(57-65)30-27-24-21-18-15-12-9-6-2/h32-35,50-52,62H,5-31,36-48H2,1-4H3,(H,55,63). The van der Waals surface area contributed by atoms with Crippen LogP contribution in [0.2, 0.25) is 0 Å². The Kier molecular flexibility index (Phi) is 37.4. The van der Waals surface area contributed by atoms with Gasteiger partial charge in [0, 0.05) is 90.6 Å². The van der Waals surface area contributed by atoms with E-state index in [1.165, 1.54) is 122 Å². The summed E-state index contributed by atoms with van der Waals surface area (Å²) in [5.74, 6) is 0.601. The number of hydrogen-bond donors (Lipinski definition) is 2. The molecule has 0 bridgehead atoms. The molecule has 1 amide bonds. The number of carbonyl (C=O) groups is 1. The molecule has 0 spiro atoms. The maximum atomic E-state index is 13.0. The van der Waals surface area contributed by atoms with Gasteiger partial charge in [-0.2, -0.15) is 9.81 Å². The van der Waals surface area contributed by atoms with E-state index in [4.69, 9.17) is 4.74 Å². The Morgan fingerprint density at radius 3 is 1.39 bits per heavy atom. The van der Waals surface area contributed by atoms with E-state index in [9.17, 15) is 19.7 Å². The van der Waals surface area contributed by atoms with E-state index in [2.05, 4.69) is 56.0 Å². The third-order valence-electron chi connectivity index (χ3n) is 13.9. The molecule has 1 saturated heterocycles. The molecule has 1 aromatic carbocycles. The number of hydrogen-bond acceptors (Lipinski definition) is 11. The van der Waals surface area contributed by atoms with Crippen molar-refractivity contribution in [1.29, 1.82) is 0 Å². The molecule has 12 nitrogen and oxygen atoms in total. The highest BCUT2D eigenvalue weighted by Gasteiger charge is 2.23. The molecule has 1 fully saturated rings. The first-order chi connectivity index (χ1) is 32.3. The highest BCUT2D eigenvalue weighted by molar-refractivity contribution is 5.94. The SMILES string of the molecule is CCCCCCCCCCC(O)CN(CCN1CCN(CCN(CCNC(=O)c2ccc(OC)cc2)CC(CCCCCCCCCC)N=O)CC1)CC(CCCCCCCCCC)N=O. The number of nitrogens with one attached hydrogen (secondary N) is 1. The van der Waals surface area contributed by atoms with Crippen LogP contribution in [0.1, 0.15) is 204 Å². The van der Waals surface area contributed by atoms with Crippen molar-refractivity contribution in [1.82, 2.24) is 24.9 Å². The summed E-state index contributed by atoms with van der Waals surface area (Å²) in [4.78, 5) is 46.8. The highest BCUT2D eigenvalue weighted by Crippen LogP contribution is 2.17. The van der Waals surface area contributed by atoms with Crippen LogP contribution >= 0.6 is 0 Å². The van der Waals surface area contributed by atoms with Crippen LogP contribution in [-0.4, -0.2) is 141 Å². The zero-order valence-corrected chi connectivity index (χ0v) is 43.1. The molecule has 3 atom stereocenters. The number of aliphatic hydroxyl groups excluding tert-OH is 1. The molecule has 0 aromatic heterocycles. The molecular formula is C54H101N7O5. The summed E-state index contributed by atoms with van der Waals surface area (Å²) < 4.78 is 5.25. The van der Waals surface area contributed by atoms with Gasteiger partial charge in [-0.3, -0.25) is 24.4 Å². The van der Waals surface area contributed by atoms with Crippen molar-refractivity contribution in [3.05, 3.63) is 39.6 Å². The van der Waals surface area contributed by atoms with Gasteiger partial charge in [0.15, 0.2) is 0 Å². The van der Waals surface area contributed by atoms with E-state index in [1.54, 1.807) is 31.4 Å². The van der Waals surface area contributed by atoms with Gasteiger partial charge in [0.1, 0.15) is 17.8 Å². The number of rotatable bonds is 46. The molecule has 3 unspecified atom stereocenters. The topological polar surface area (TPSA) is 130 Å². The molecule has 0 radical (unpaired) electrons. The monoisotopic (exact) mass is 928 g/mol. The van der Waals surface area contributed by atoms with Crippen LogP contribution in [0.15, 0.2) is 34.6 Å². The Morgan fingerprint density at radius 2 is 0.970 bits per heavy atom. The van der Waals surface area contributed by atoms with Crippen LogP contribution in [0.4, 0.5) is 0 Å². The smallest absolute Gasteiger partial charge is 0.251 e. The Labute approximate surface area is 404 Å². The fourth-order valence-corrected chi connectivity index (χ4v) is 9.41. The Bertz CT molecular complexity index is 1280. The summed E-state index contributed by atoms with van der Waals surface area (Å²) in [5.41, 5.74) is 0.597. The van der Waals surface area contributed by atoms with Crippen LogP contribution in [0.5, 0.6) is 5.75 Å². The van der Waals surface area contributed by atoms with E-state index in [1.807, 2.05) is 0 Å². The van der Waals surface area contributed by atoms with Gasteiger partial charge in [-0.05, 0) is 43.5 Å². The molecule has 0 saturated carbocycles. The second-order valence-corrected chi connectivity index (χ2v) is 19.7. The van der Waals surface area contributed by atoms with Crippen LogP contribution in [-0.2, 0) is 0 Å². The maximum absolute atomic E-state index is 13.0. The number of nitroso groups, excluding NO2 is 2. The molecule has 66 heavy (non-hydrogen) atoms. The maximum Gasteiger partial charge on any atom is 0.251 e. The molecule has 0 aliphatic carbocycles. The number of carbonyl (C=O) groups excluding carboxylic acids is 1. The third kappa shape index (κ3) is 30.8. The van der Waals surface area contributed by atoms with Crippen molar-refractivity contribution in [3.63, 3.8) is 0 Å². The number of nitrogens with zero attached hydrogens (tertiary/aromatic N) is 6. The van der Waals surface area contributed by atoms with E-state index >= 15 is 0 Å². The Hall–Kier alpha value is -2.51. The fraction of sp³-hybridized carbons (Fsp3) is 0.870. The lowest BCUT2D eigenvalue weighted by Crippen LogP contribution is -2.51. The van der Waals surface area contributed by atoms with Crippen molar-refractivity contribution in [2.24, 2.45) is 10.4 Å². The minimum Gasteiger partial charge on any atom is -0.497 e. The van der Waals surface area contributed by atoms with Gasteiger partial charge in [0.2, 0.25) is 0 Å². The van der Waals surface area contributed by atoms with Crippen molar-refractivity contribution >= 4 is 5.91 Å². The summed E-state index contributed by atoms with van der Waals surface area (Å²) in [7, 11) is 1.62. The number of methoxy groups -OCH3 is 1. The molecule has 12 heteroatoms. The van der Waals surface area contributed by atoms with Crippen molar-refractivity contribution in [3.8, 4) is 5.75 Å². The van der Waals surface area contributed by atoms with Gasteiger partial charge in [0.05, 0.1) is 13.2 Å². The van der Waals surface area contributed by atoms with Crippen LogP contribution in [0, 0.1) is 9.81 Å². The first kappa shape index (κ1) is 59.6. The van der Waals surface area contributed by atoms with E-state index in [0.29, 0.717) is 44.0 Å². The van der Waals surface area contributed by atoms with Gasteiger partial charge < -0.3 is 15.2 Å². The molecule has 382 valence electrons. The Balaban J connectivity index is 1.91. The minimum atomic E-state index is -0.384. The number of unbranched alkanes of at least 4 members (excludes halogenated alkanes) is 21. The number of benzene rings is 1. The lowest BCUT2D eigenvalue weighted by Gasteiger charge is -2.37. The van der Waals surface area contributed by atoms with Crippen LogP contribution in [0.25, 0.3) is 0 Å². The zero-order chi connectivity index (χ0) is 47.7. The second-order valence-electron chi connectivity index (χ2n) is 19.7. The van der Waals surface area contributed by atoms with Crippen molar-refractivity contribution < 1.29 is 14.6 Å². The first-order valence-electron chi connectivity index (χ1n) is 27.5. The predicted octanol–water partition coefficient (Wildman–Crippen LogP) is 11.9. The molecule has 1 aromatic rings. The van der Waals surface area contributed by atoms with Gasteiger partial charge in [-0.25, -0.2) is 0 Å². The number of amides is 1. The summed E-state index contributed by atoms with van der Waals surface area (Å²) in [5, 5.41) is 21.5. The zero-order valence-electron chi connectivity index (χ0n) is 43.1. The molecule has 1 aliphatic rings. The predicted molar refractivity (Wildman–Crippen MR) is 278 cm³/mol. The van der Waals surface area contributed by atoms with Gasteiger partial charge in [-0.15, -0.1) is 0 Å². The fourth-order valence-electron chi connectivity index (χ4n) is 9.41. The van der Waals surface area contributed by atoms with E-state index in [-0.39, 0.29) is 24.1 Å². The molecule has 1 aliphatic heterocycles. The molecule has 2 N–H and O–H groups in total. The van der Waals surface area contributed by atoms with E-state index in [0.717, 1.165) is 104 Å².